The summed E-state index contributed by atoms with van der Waals surface area (Å²) in [6, 6.07) is 7.53. The van der Waals surface area contributed by atoms with Crippen molar-refractivity contribution in [3.05, 3.63) is 57.5 Å². The Bertz CT molecular complexity index is 962. The first-order valence-electron chi connectivity index (χ1n) is 7.73. The third-order valence-electron chi connectivity index (χ3n) is 4.34. The van der Waals surface area contributed by atoms with Crippen LogP contribution in [-0.4, -0.2) is 32.4 Å². The molecule has 0 bridgehead atoms. The predicted molar refractivity (Wildman–Crippen MR) is 87.1 cm³/mol. The van der Waals surface area contributed by atoms with Crippen molar-refractivity contribution in [2.24, 2.45) is 0 Å². The number of aromatic amines is 1. The van der Waals surface area contributed by atoms with Gasteiger partial charge in [-0.15, -0.1) is 0 Å². The molecule has 1 aliphatic heterocycles. The maximum absolute atomic E-state index is 11.9. The van der Waals surface area contributed by atoms with Crippen molar-refractivity contribution >= 4 is 10.9 Å². The molecule has 23 heavy (non-hydrogen) atoms. The van der Waals surface area contributed by atoms with E-state index >= 15 is 0 Å². The van der Waals surface area contributed by atoms with Crippen molar-refractivity contribution in [3.63, 3.8) is 0 Å². The van der Waals surface area contributed by atoms with E-state index in [1.165, 1.54) is 16.8 Å². The van der Waals surface area contributed by atoms with Gasteiger partial charge in [0.1, 0.15) is 0 Å². The summed E-state index contributed by atoms with van der Waals surface area (Å²) >= 11 is 0. The fourth-order valence-electron chi connectivity index (χ4n) is 3.15. The summed E-state index contributed by atoms with van der Waals surface area (Å²) in [5.41, 5.74) is 0.940. The normalized spacial score (nSPS) is 16.0. The van der Waals surface area contributed by atoms with Crippen LogP contribution in [0.5, 0.6) is 0 Å². The summed E-state index contributed by atoms with van der Waals surface area (Å²) in [5, 5.41) is 8.88. The Morgan fingerprint density at radius 1 is 1.13 bits per heavy atom. The van der Waals surface area contributed by atoms with Crippen LogP contribution < -0.4 is 16.6 Å². The van der Waals surface area contributed by atoms with Crippen LogP contribution in [0, 0.1) is 0 Å². The average Bonchev–Trinajstić information content (AvgIpc) is 2.99. The maximum Gasteiger partial charge on any atom is 0.332 e. The molecular formula is C16H17N5O2. The van der Waals surface area contributed by atoms with Crippen molar-refractivity contribution in [3.8, 4) is 5.69 Å². The van der Waals surface area contributed by atoms with Crippen LogP contribution in [0.4, 0.5) is 0 Å². The van der Waals surface area contributed by atoms with Gasteiger partial charge >= 0.3 is 5.69 Å². The standard InChI is InChI=1S/C16H17N5O2/c22-15-5-8-20(16(23)19-15)13-1-2-14-11(9-13)10-18-21(14)12-3-6-17-7-4-12/h1-2,5,8-10,12,17H,3-4,6-7H2,(H,19,22,23). The molecule has 1 fully saturated rings. The van der Waals surface area contributed by atoms with Gasteiger partial charge < -0.3 is 5.32 Å². The van der Waals surface area contributed by atoms with E-state index < -0.39 is 11.2 Å². The van der Waals surface area contributed by atoms with Crippen LogP contribution in [0.25, 0.3) is 16.6 Å². The van der Waals surface area contributed by atoms with Gasteiger partial charge in [0.15, 0.2) is 0 Å². The molecule has 0 unspecified atom stereocenters. The highest BCUT2D eigenvalue weighted by molar-refractivity contribution is 5.81. The van der Waals surface area contributed by atoms with E-state index in [4.69, 9.17) is 0 Å². The molecule has 0 atom stereocenters. The van der Waals surface area contributed by atoms with Crippen molar-refractivity contribution in [2.75, 3.05) is 13.1 Å². The van der Waals surface area contributed by atoms with Crippen molar-refractivity contribution < 1.29 is 0 Å². The number of nitrogens with one attached hydrogen (secondary N) is 2. The van der Waals surface area contributed by atoms with Crippen molar-refractivity contribution in [1.29, 1.82) is 0 Å². The van der Waals surface area contributed by atoms with Crippen LogP contribution in [0.1, 0.15) is 18.9 Å². The molecule has 0 spiro atoms. The van der Waals surface area contributed by atoms with Crippen LogP contribution in [-0.2, 0) is 0 Å². The summed E-state index contributed by atoms with van der Waals surface area (Å²) in [4.78, 5) is 25.4. The second-order valence-electron chi connectivity index (χ2n) is 5.79. The molecule has 118 valence electrons. The Hall–Kier alpha value is -2.67. The molecule has 4 rings (SSSR count). The monoisotopic (exact) mass is 311 g/mol. The lowest BCUT2D eigenvalue weighted by molar-refractivity contribution is 0.351. The lowest BCUT2D eigenvalue weighted by atomic mass is 10.1. The first kappa shape index (κ1) is 14.0. The first-order valence-corrected chi connectivity index (χ1v) is 7.73. The van der Waals surface area contributed by atoms with Gasteiger partial charge in [0.2, 0.25) is 0 Å². The zero-order valence-electron chi connectivity index (χ0n) is 12.5. The summed E-state index contributed by atoms with van der Waals surface area (Å²) in [6.07, 6.45) is 5.45. The molecule has 0 aliphatic carbocycles. The molecule has 0 amide bonds. The van der Waals surface area contributed by atoms with Gasteiger partial charge in [0.25, 0.3) is 5.56 Å². The van der Waals surface area contributed by atoms with Gasteiger partial charge in [-0.2, -0.15) is 5.10 Å². The van der Waals surface area contributed by atoms with Crippen LogP contribution in [0.15, 0.2) is 46.2 Å². The minimum atomic E-state index is -0.442. The quantitative estimate of drug-likeness (QED) is 0.733. The first-order chi connectivity index (χ1) is 11.2. The van der Waals surface area contributed by atoms with Crippen LogP contribution in [0.3, 0.4) is 0 Å². The second kappa shape index (κ2) is 5.51. The Kier molecular flexibility index (Phi) is 3.34. The number of hydrogen-bond donors (Lipinski definition) is 2. The van der Waals surface area contributed by atoms with Crippen molar-refractivity contribution in [2.45, 2.75) is 18.9 Å². The highest BCUT2D eigenvalue weighted by Crippen LogP contribution is 2.25. The Balaban J connectivity index is 1.77. The number of piperidine rings is 1. The Labute approximate surface area is 131 Å². The molecule has 7 nitrogen and oxygen atoms in total. The molecule has 7 heteroatoms. The molecule has 0 radical (unpaired) electrons. The average molecular weight is 311 g/mol. The minimum absolute atomic E-state index is 0.397. The van der Waals surface area contributed by atoms with Gasteiger partial charge in [-0.1, -0.05) is 0 Å². The van der Waals surface area contributed by atoms with E-state index in [-0.39, 0.29) is 0 Å². The zero-order chi connectivity index (χ0) is 15.8. The van der Waals surface area contributed by atoms with E-state index in [0.29, 0.717) is 11.7 Å². The Morgan fingerprint density at radius 3 is 2.74 bits per heavy atom. The largest absolute Gasteiger partial charge is 0.332 e. The molecule has 1 aromatic carbocycles. The van der Waals surface area contributed by atoms with E-state index in [1.807, 2.05) is 24.4 Å². The van der Waals surface area contributed by atoms with Gasteiger partial charge in [0, 0.05) is 17.6 Å². The molecular weight excluding hydrogens is 294 g/mol. The predicted octanol–water partition coefficient (Wildman–Crippen LogP) is 0.800. The lowest BCUT2D eigenvalue weighted by Gasteiger charge is -2.23. The molecule has 1 saturated heterocycles. The van der Waals surface area contributed by atoms with Crippen LogP contribution >= 0.6 is 0 Å². The molecule has 2 N–H and O–H groups in total. The number of H-pyrrole nitrogens is 1. The van der Waals surface area contributed by atoms with E-state index in [0.717, 1.165) is 36.8 Å². The van der Waals surface area contributed by atoms with Gasteiger partial charge in [-0.3, -0.25) is 19.0 Å². The van der Waals surface area contributed by atoms with E-state index in [9.17, 15) is 9.59 Å². The van der Waals surface area contributed by atoms with Gasteiger partial charge in [-0.05, 0) is 44.1 Å². The third-order valence-corrected chi connectivity index (χ3v) is 4.34. The Morgan fingerprint density at radius 2 is 1.96 bits per heavy atom. The highest BCUT2D eigenvalue weighted by Gasteiger charge is 2.17. The molecule has 2 aromatic heterocycles. The number of nitrogens with zero attached hydrogens (tertiary/aromatic N) is 3. The number of benzene rings is 1. The lowest BCUT2D eigenvalue weighted by Crippen LogP contribution is -2.29. The smallest absolute Gasteiger partial charge is 0.317 e. The minimum Gasteiger partial charge on any atom is -0.317 e. The molecule has 0 saturated carbocycles. The van der Waals surface area contributed by atoms with Crippen LogP contribution in [0.2, 0.25) is 0 Å². The maximum atomic E-state index is 11.9. The van der Waals surface area contributed by atoms with Gasteiger partial charge in [0.05, 0.1) is 23.4 Å². The fourth-order valence-corrected chi connectivity index (χ4v) is 3.15. The number of aromatic nitrogens is 4. The topological polar surface area (TPSA) is 84.7 Å². The number of hydrogen-bond acceptors (Lipinski definition) is 4. The molecule has 1 aliphatic rings. The summed E-state index contributed by atoms with van der Waals surface area (Å²) in [6.45, 7) is 2.02. The third kappa shape index (κ3) is 2.49. The highest BCUT2D eigenvalue weighted by atomic mass is 16.2. The summed E-state index contributed by atoms with van der Waals surface area (Å²) < 4.78 is 3.50. The zero-order valence-corrected chi connectivity index (χ0v) is 12.5. The fraction of sp³-hybridized carbons (Fsp3) is 0.312. The molecule has 3 heterocycles. The van der Waals surface area contributed by atoms with Gasteiger partial charge in [-0.25, -0.2) is 4.79 Å². The second-order valence-corrected chi connectivity index (χ2v) is 5.79. The number of fused-ring (bicyclic) bond motifs is 1. The SMILES string of the molecule is O=c1ccn(-c2ccc3c(cnn3C3CCNCC3)c2)c(=O)[nH]1. The number of rotatable bonds is 2. The molecule has 3 aromatic rings. The van der Waals surface area contributed by atoms with E-state index in [1.54, 1.807) is 0 Å². The van der Waals surface area contributed by atoms with Crippen molar-refractivity contribution in [1.82, 2.24) is 24.6 Å². The van der Waals surface area contributed by atoms with E-state index in [2.05, 4.69) is 20.1 Å². The summed E-state index contributed by atoms with van der Waals surface area (Å²) in [7, 11) is 0. The summed E-state index contributed by atoms with van der Waals surface area (Å²) in [5.74, 6) is 0.